The molecule has 0 aliphatic carbocycles. The molecule has 2 aromatic carbocycles. The molecule has 5 heteroatoms. The maximum absolute atomic E-state index is 12.9. The first-order valence-electron chi connectivity index (χ1n) is 7.62. The van der Waals surface area contributed by atoms with Crippen molar-refractivity contribution in [1.82, 2.24) is 5.32 Å². The normalized spacial score (nSPS) is 10.0. The molecule has 2 amide bonds. The lowest BCUT2D eigenvalue weighted by atomic mass is 10.1. The van der Waals surface area contributed by atoms with Gasteiger partial charge in [-0.05, 0) is 36.2 Å². The number of amides is 2. The smallest absolute Gasteiger partial charge is 0.253 e. The Morgan fingerprint density at radius 2 is 1.79 bits per heavy atom. The molecule has 0 heterocycles. The van der Waals surface area contributed by atoms with Crippen LogP contribution in [0.25, 0.3) is 0 Å². The van der Waals surface area contributed by atoms with Crippen molar-refractivity contribution < 1.29 is 14.0 Å². The summed E-state index contributed by atoms with van der Waals surface area (Å²) < 4.78 is 12.9. The Morgan fingerprint density at radius 1 is 1.08 bits per heavy atom. The molecule has 2 rings (SSSR count). The van der Waals surface area contributed by atoms with Gasteiger partial charge in [-0.1, -0.05) is 30.3 Å². The highest BCUT2D eigenvalue weighted by molar-refractivity contribution is 6.03. The van der Waals surface area contributed by atoms with E-state index in [0.717, 1.165) is 5.56 Å². The topological polar surface area (TPSA) is 58.2 Å². The Balaban J connectivity index is 1.97. The Labute approximate surface area is 140 Å². The number of carbonyl (C=O) groups excluding carboxylic acids is 2. The molecule has 0 saturated carbocycles. The Bertz CT molecular complexity index is 726. The average Bonchev–Trinajstić information content (AvgIpc) is 2.59. The minimum atomic E-state index is -0.303. The molecular weight excluding hydrogens is 307 g/mol. The minimum absolute atomic E-state index is 0.205. The van der Waals surface area contributed by atoms with E-state index in [9.17, 15) is 14.0 Å². The molecule has 0 spiro atoms. The second-order valence-electron chi connectivity index (χ2n) is 5.22. The highest BCUT2D eigenvalue weighted by atomic mass is 19.1. The van der Waals surface area contributed by atoms with Crippen molar-refractivity contribution in [3.8, 4) is 0 Å². The number of nitrogens with one attached hydrogen (secondary N) is 2. The lowest BCUT2D eigenvalue weighted by molar-refractivity contribution is -0.116. The Morgan fingerprint density at radius 3 is 2.50 bits per heavy atom. The van der Waals surface area contributed by atoms with Gasteiger partial charge in [0.1, 0.15) is 5.82 Å². The van der Waals surface area contributed by atoms with E-state index >= 15 is 0 Å². The van der Waals surface area contributed by atoms with Gasteiger partial charge in [0.15, 0.2) is 0 Å². The predicted octanol–water partition coefficient (Wildman–Crippen LogP) is 3.31. The third-order valence-corrected chi connectivity index (χ3v) is 3.41. The van der Waals surface area contributed by atoms with E-state index in [-0.39, 0.29) is 24.1 Å². The predicted molar refractivity (Wildman–Crippen MR) is 92.3 cm³/mol. The van der Waals surface area contributed by atoms with Crippen molar-refractivity contribution >= 4 is 17.5 Å². The third kappa shape index (κ3) is 5.05. The zero-order chi connectivity index (χ0) is 17.4. The third-order valence-electron chi connectivity index (χ3n) is 3.41. The van der Waals surface area contributed by atoms with E-state index in [1.807, 2.05) is 0 Å². The first-order valence-corrected chi connectivity index (χ1v) is 7.62. The summed E-state index contributed by atoms with van der Waals surface area (Å²) in [7, 11) is 0. The summed E-state index contributed by atoms with van der Waals surface area (Å²) in [5, 5.41) is 5.43. The molecule has 0 saturated heterocycles. The van der Waals surface area contributed by atoms with Gasteiger partial charge in [-0.3, -0.25) is 9.59 Å². The highest BCUT2D eigenvalue weighted by Gasteiger charge is 2.12. The number of halogens is 1. The van der Waals surface area contributed by atoms with Crippen LogP contribution < -0.4 is 10.6 Å². The van der Waals surface area contributed by atoms with Crippen LogP contribution in [0.4, 0.5) is 10.1 Å². The minimum Gasteiger partial charge on any atom is -0.349 e. The van der Waals surface area contributed by atoms with Crippen LogP contribution >= 0.6 is 0 Å². The van der Waals surface area contributed by atoms with Crippen molar-refractivity contribution in [3.63, 3.8) is 0 Å². The van der Waals surface area contributed by atoms with E-state index in [1.165, 1.54) is 12.1 Å². The van der Waals surface area contributed by atoms with Gasteiger partial charge < -0.3 is 10.6 Å². The number of para-hydroxylation sites is 1. The number of benzene rings is 2. The van der Waals surface area contributed by atoms with E-state index in [2.05, 4.69) is 17.2 Å². The van der Waals surface area contributed by atoms with Gasteiger partial charge in [0.25, 0.3) is 5.91 Å². The van der Waals surface area contributed by atoms with Crippen LogP contribution in [0.15, 0.2) is 61.2 Å². The zero-order valence-corrected chi connectivity index (χ0v) is 13.2. The molecule has 0 unspecified atom stereocenters. The molecule has 4 nitrogen and oxygen atoms in total. The average molecular weight is 326 g/mol. The van der Waals surface area contributed by atoms with Crippen molar-refractivity contribution in [2.24, 2.45) is 0 Å². The van der Waals surface area contributed by atoms with Crippen molar-refractivity contribution in [1.29, 1.82) is 0 Å². The molecule has 2 N–H and O–H groups in total. The molecule has 0 radical (unpaired) electrons. The fourth-order valence-electron chi connectivity index (χ4n) is 2.17. The number of aryl methyl sites for hydroxylation is 1. The first-order chi connectivity index (χ1) is 11.6. The summed E-state index contributed by atoms with van der Waals surface area (Å²) >= 11 is 0. The van der Waals surface area contributed by atoms with Crippen molar-refractivity contribution in [3.05, 3.63) is 78.1 Å². The molecule has 0 aliphatic heterocycles. The Kier molecular flexibility index (Phi) is 6.25. The molecule has 0 aliphatic rings. The Hall–Kier alpha value is -2.95. The summed E-state index contributed by atoms with van der Waals surface area (Å²) in [5.41, 5.74) is 1.74. The molecule has 2 aromatic rings. The number of carbonyl (C=O) groups is 2. The summed E-state index contributed by atoms with van der Waals surface area (Å²) in [5.74, 6) is -0.782. The van der Waals surface area contributed by atoms with Gasteiger partial charge in [0.05, 0.1) is 11.3 Å². The zero-order valence-electron chi connectivity index (χ0n) is 13.2. The monoisotopic (exact) mass is 326 g/mol. The maximum atomic E-state index is 12.9. The first kappa shape index (κ1) is 17.4. The molecule has 0 fully saturated rings. The second kappa shape index (κ2) is 8.62. The van der Waals surface area contributed by atoms with Gasteiger partial charge in [0, 0.05) is 13.0 Å². The standard InChI is InChI=1S/C19H19FN2O2/c1-2-13-21-19(24)16-5-3-4-6-17(16)22-18(23)12-9-14-7-10-15(20)11-8-14/h2-8,10-11H,1,9,12-13H2,(H,21,24)(H,22,23). The van der Waals surface area contributed by atoms with Crippen molar-refractivity contribution in [2.75, 3.05) is 11.9 Å². The van der Waals surface area contributed by atoms with Crippen LogP contribution in [0, 0.1) is 5.82 Å². The summed E-state index contributed by atoms with van der Waals surface area (Å²) in [4.78, 5) is 24.2. The quantitative estimate of drug-likeness (QED) is 0.767. The van der Waals surface area contributed by atoms with Crippen LogP contribution in [-0.2, 0) is 11.2 Å². The van der Waals surface area contributed by atoms with Crippen LogP contribution in [-0.4, -0.2) is 18.4 Å². The fraction of sp³-hybridized carbons (Fsp3) is 0.158. The second-order valence-corrected chi connectivity index (χ2v) is 5.22. The van der Waals surface area contributed by atoms with Crippen LogP contribution in [0.3, 0.4) is 0 Å². The number of rotatable bonds is 7. The van der Waals surface area contributed by atoms with E-state index in [0.29, 0.717) is 24.2 Å². The summed E-state index contributed by atoms with van der Waals surface area (Å²) in [6.07, 6.45) is 2.33. The largest absolute Gasteiger partial charge is 0.349 e. The van der Waals surface area contributed by atoms with Crippen LogP contribution in [0.5, 0.6) is 0 Å². The molecule has 24 heavy (non-hydrogen) atoms. The van der Waals surface area contributed by atoms with Crippen molar-refractivity contribution in [2.45, 2.75) is 12.8 Å². The van der Waals surface area contributed by atoms with Crippen LogP contribution in [0.2, 0.25) is 0 Å². The van der Waals surface area contributed by atoms with E-state index < -0.39 is 0 Å². The van der Waals surface area contributed by atoms with Gasteiger partial charge in [0.2, 0.25) is 5.91 Å². The molecular formula is C19H19FN2O2. The lowest BCUT2D eigenvalue weighted by Crippen LogP contribution is -2.25. The summed E-state index contributed by atoms with van der Waals surface area (Å²) in [6, 6.07) is 12.8. The lowest BCUT2D eigenvalue weighted by Gasteiger charge is -2.11. The van der Waals surface area contributed by atoms with Gasteiger partial charge in [-0.2, -0.15) is 0 Å². The van der Waals surface area contributed by atoms with Gasteiger partial charge in [-0.15, -0.1) is 6.58 Å². The highest BCUT2D eigenvalue weighted by Crippen LogP contribution is 2.16. The van der Waals surface area contributed by atoms with Crippen LogP contribution in [0.1, 0.15) is 22.3 Å². The van der Waals surface area contributed by atoms with E-state index in [4.69, 9.17) is 0 Å². The molecule has 0 bridgehead atoms. The number of hydrogen-bond acceptors (Lipinski definition) is 2. The number of hydrogen-bond donors (Lipinski definition) is 2. The molecule has 0 aromatic heterocycles. The maximum Gasteiger partial charge on any atom is 0.253 e. The number of anilines is 1. The van der Waals surface area contributed by atoms with Gasteiger partial charge >= 0.3 is 0 Å². The summed E-state index contributed by atoms with van der Waals surface area (Å²) in [6.45, 7) is 3.90. The SMILES string of the molecule is C=CCNC(=O)c1ccccc1NC(=O)CCc1ccc(F)cc1. The van der Waals surface area contributed by atoms with Gasteiger partial charge in [-0.25, -0.2) is 4.39 Å². The molecule has 124 valence electrons. The van der Waals surface area contributed by atoms with E-state index in [1.54, 1.807) is 42.5 Å². The molecule has 0 atom stereocenters. The fourth-order valence-corrected chi connectivity index (χ4v) is 2.17.